The SMILES string of the molecule is NN(C(=O)c1cccc2ccccc12)c1ccccc1. The summed E-state index contributed by atoms with van der Waals surface area (Å²) < 4.78 is 0. The fourth-order valence-corrected chi connectivity index (χ4v) is 2.25. The van der Waals surface area contributed by atoms with Crippen molar-refractivity contribution in [1.82, 2.24) is 0 Å². The second-order valence-corrected chi connectivity index (χ2v) is 4.54. The van der Waals surface area contributed by atoms with Gasteiger partial charge in [-0.1, -0.05) is 54.6 Å². The third kappa shape index (κ3) is 2.15. The number of nitrogens with two attached hydrogens (primary N) is 1. The van der Waals surface area contributed by atoms with Crippen molar-refractivity contribution in [3.8, 4) is 0 Å². The van der Waals surface area contributed by atoms with Crippen LogP contribution in [0.1, 0.15) is 10.4 Å². The topological polar surface area (TPSA) is 46.3 Å². The Hall–Kier alpha value is -2.65. The summed E-state index contributed by atoms with van der Waals surface area (Å²) in [6.45, 7) is 0. The maximum absolute atomic E-state index is 12.6. The van der Waals surface area contributed by atoms with Crippen LogP contribution in [0.15, 0.2) is 72.8 Å². The fourth-order valence-electron chi connectivity index (χ4n) is 2.25. The summed E-state index contributed by atoms with van der Waals surface area (Å²) in [6.07, 6.45) is 0. The third-order valence-corrected chi connectivity index (χ3v) is 3.27. The largest absolute Gasteiger partial charge is 0.273 e. The molecule has 3 rings (SSSR count). The summed E-state index contributed by atoms with van der Waals surface area (Å²) in [5.74, 6) is 5.73. The first kappa shape index (κ1) is 12.4. The predicted octanol–water partition coefficient (Wildman–Crippen LogP) is 3.36. The first-order chi connectivity index (χ1) is 9.77. The number of benzene rings is 3. The van der Waals surface area contributed by atoms with E-state index in [0.717, 1.165) is 10.8 Å². The first-order valence-electron chi connectivity index (χ1n) is 6.39. The maximum Gasteiger partial charge on any atom is 0.273 e. The van der Waals surface area contributed by atoms with Crippen LogP contribution in [0.4, 0.5) is 5.69 Å². The average molecular weight is 262 g/mol. The van der Waals surface area contributed by atoms with E-state index < -0.39 is 0 Å². The molecule has 3 heteroatoms. The minimum Gasteiger partial charge on any atom is -0.267 e. The van der Waals surface area contributed by atoms with Crippen LogP contribution in [-0.2, 0) is 0 Å². The molecule has 0 saturated heterocycles. The van der Waals surface area contributed by atoms with Crippen molar-refractivity contribution in [3.05, 3.63) is 78.4 Å². The van der Waals surface area contributed by atoms with E-state index in [4.69, 9.17) is 5.84 Å². The van der Waals surface area contributed by atoms with Gasteiger partial charge in [-0.15, -0.1) is 0 Å². The Balaban J connectivity index is 2.05. The van der Waals surface area contributed by atoms with Gasteiger partial charge in [-0.05, 0) is 29.0 Å². The standard InChI is InChI=1S/C17H14N2O/c18-19(14-9-2-1-3-10-14)17(20)16-12-6-8-13-7-4-5-11-15(13)16/h1-12H,18H2. The lowest BCUT2D eigenvalue weighted by atomic mass is 10.0. The van der Waals surface area contributed by atoms with Crippen LogP contribution < -0.4 is 10.9 Å². The van der Waals surface area contributed by atoms with E-state index in [1.165, 1.54) is 5.01 Å². The van der Waals surface area contributed by atoms with E-state index in [9.17, 15) is 4.79 Å². The summed E-state index contributed by atoms with van der Waals surface area (Å²) in [4.78, 5) is 12.6. The Labute approximate surface area is 117 Å². The molecule has 0 fully saturated rings. The number of amides is 1. The lowest BCUT2D eigenvalue weighted by Gasteiger charge is -2.17. The van der Waals surface area contributed by atoms with Crippen molar-refractivity contribution in [2.24, 2.45) is 5.84 Å². The monoisotopic (exact) mass is 262 g/mol. The molecule has 0 unspecified atom stereocenters. The predicted molar refractivity (Wildman–Crippen MR) is 81.4 cm³/mol. The quantitative estimate of drug-likeness (QED) is 0.437. The summed E-state index contributed by atoms with van der Waals surface area (Å²) in [6, 6.07) is 22.6. The Morgan fingerprint density at radius 3 is 2.25 bits per heavy atom. The lowest BCUT2D eigenvalue weighted by Crippen LogP contribution is -2.37. The Morgan fingerprint density at radius 2 is 1.45 bits per heavy atom. The highest BCUT2D eigenvalue weighted by Crippen LogP contribution is 2.21. The van der Waals surface area contributed by atoms with E-state index in [0.29, 0.717) is 11.3 Å². The Kier molecular flexibility index (Phi) is 3.19. The van der Waals surface area contributed by atoms with Crippen LogP contribution in [0.3, 0.4) is 0 Å². The van der Waals surface area contributed by atoms with Crippen molar-refractivity contribution < 1.29 is 4.79 Å². The number of nitrogens with zero attached hydrogens (tertiary/aromatic N) is 1. The van der Waals surface area contributed by atoms with E-state index in [1.54, 1.807) is 6.07 Å². The Bertz CT molecular complexity index is 748. The number of hydrazine groups is 1. The smallest absolute Gasteiger partial charge is 0.267 e. The van der Waals surface area contributed by atoms with Gasteiger partial charge in [-0.3, -0.25) is 4.79 Å². The van der Waals surface area contributed by atoms with Gasteiger partial charge in [0.25, 0.3) is 5.91 Å². The van der Waals surface area contributed by atoms with Crippen LogP contribution in [0, 0.1) is 0 Å². The van der Waals surface area contributed by atoms with Gasteiger partial charge >= 0.3 is 0 Å². The molecule has 0 bridgehead atoms. The van der Waals surface area contributed by atoms with Crippen LogP contribution >= 0.6 is 0 Å². The van der Waals surface area contributed by atoms with Crippen molar-refractivity contribution >= 4 is 22.4 Å². The van der Waals surface area contributed by atoms with Gasteiger partial charge in [0.2, 0.25) is 0 Å². The minimum absolute atomic E-state index is 0.215. The molecule has 0 radical (unpaired) electrons. The van der Waals surface area contributed by atoms with Gasteiger partial charge in [0.05, 0.1) is 5.69 Å². The number of hydrogen-bond acceptors (Lipinski definition) is 2. The fraction of sp³-hybridized carbons (Fsp3) is 0. The number of carbonyl (C=O) groups excluding carboxylic acids is 1. The molecule has 0 aliphatic rings. The van der Waals surface area contributed by atoms with Crippen LogP contribution in [0.5, 0.6) is 0 Å². The number of carbonyl (C=O) groups is 1. The van der Waals surface area contributed by atoms with Crippen LogP contribution in [0.25, 0.3) is 10.8 Å². The number of fused-ring (bicyclic) bond motifs is 1. The average Bonchev–Trinajstić information content (AvgIpc) is 2.54. The van der Waals surface area contributed by atoms with E-state index in [-0.39, 0.29) is 5.91 Å². The molecular formula is C17H14N2O. The molecule has 0 aliphatic heterocycles. The summed E-state index contributed by atoms with van der Waals surface area (Å²) in [7, 11) is 0. The molecular weight excluding hydrogens is 248 g/mol. The minimum atomic E-state index is -0.215. The lowest BCUT2D eigenvalue weighted by molar-refractivity contribution is 0.0988. The second kappa shape index (κ2) is 5.15. The molecule has 1 amide bonds. The van der Waals surface area contributed by atoms with Gasteiger partial charge < -0.3 is 0 Å². The summed E-state index contributed by atoms with van der Waals surface area (Å²) >= 11 is 0. The van der Waals surface area contributed by atoms with Gasteiger partial charge in [0.15, 0.2) is 0 Å². The first-order valence-corrected chi connectivity index (χ1v) is 6.39. The van der Waals surface area contributed by atoms with Crippen molar-refractivity contribution in [2.75, 3.05) is 5.01 Å². The van der Waals surface area contributed by atoms with Crippen molar-refractivity contribution in [3.63, 3.8) is 0 Å². The molecule has 20 heavy (non-hydrogen) atoms. The molecule has 0 atom stereocenters. The van der Waals surface area contributed by atoms with E-state index in [1.807, 2.05) is 66.7 Å². The molecule has 3 nitrogen and oxygen atoms in total. The molecule has 0 aromatic heterocycles. The highest BCUT2D eigenvalue weighted by atomic mass is 16.2. The van der Waals surface area contributed by atoms with Crippen molar-refractivity contribution in [2.45, 2.75) is 0 Å². The van der Waals surface area contributed by atoms with Gasteiger partial charge in [0, 0.05) is 5.56 Å². The molecule has 0 heterocycles. The molecule has 0 aliphatic carbocycles. The highest BCUT2D eigenvalue weighted by Gasteiger charge is 2.16. The van der Waals surface area contributed by atoms with E-state index >= 15 is 0 Å². The van der Waals surface area contributed by atoms with Crippen LogP contribution in [-0.4, -0.2) is 5.91 Å². The van der Waals surface area contributed by atoms with Gasteiger partial charge in [-0.25, -0.2) is 10.9 Å². The molecule has 3 aromatic rings. The zero-order chi connectivity index (χ0) is 13.9. The van der Waals surface area contributed by atoms with Crippen molar-refractivity contribution in [1.29, 1.82) is 0 Å². The van der Waals surface area contributed by atoms with E-state index in [2.05, 4.69) is 0 Å². The number of hydrogen-bond donors (Lipinski definition) is 1. The molecule has 0 saturated carbocycles. The maximum atomic E-state index is 12.6. The summed E-state index contributed by atoms with van der Waals surface area (Å²) in [5.41, 5.74) is 1.28. The van der Waals surface area contributed by atoms with Gasteiger partial charge in [0.1, 0.15) is 0 Å². The summed E-state index contributed by atoms with van der Waals surface area (Å²) in [5, 5.41) is 3.12. The zero-order valence-electron chi connectivity index (χ0n) is 10.9. The molecule has 2 N–H and O–H groups in total. The molecule has 3 aromatic carbocycles. The zero-order valence-corrected chi connectivity index (χ0v) is 10.9. The second-order valence-electron chi connectivity index (χ2n) is 4.54. The van der Waals surface area contributed by atoms with Crippen LogP contribution in [0.2, 0.25) is 0 Å². The Morgan fingerprint density at radius 1 is 0.800 bits per heavy atom. The number of rotatable bonds is 2. The van der Waals surface area contributed by atoms with Gasteiger partial charge in [-0.2, -0.15) is 0 Å². The molecule has 0 spiro atoms. The normalized spacial score (nSPS) is 10.4. The number of anilines is 1. The highest BCUT2D eigenvalue weighted by molar-refractivity contribution is 6.13. The number of para-hydroxylation sites is 1. The third-order valence-electron chi connectivity index (χ3n) is 3.27. The molecule has 98 valence electrons.